The molecule has 6 heteroatoms. The molecule has 0 aliphatic carbocycles. The summed E-state index contributed by atoms with van der Waals surface area (Å²) in [4.78, 5) is 7.25. The fourth-order valence-corrected chi connectivity index (χ4v) is 3.67. The Kier molecular flexibility index (Phi) is 5.33. The average molecular weight is 391 g/mol. The van der Waals surface area contributed by atoms with Crippen molar-refractivity contribution in [3.63, 3.8) is 0 Å². The molecule has 1 atom stereocenters. The van der Waals surface area contributed by atoms with Gasteiger partial charge in [-0.1, -0.05) is 36.4 Å². The third kappa shape index (κ3) is 3.74. The molecule has 0 radical (unpaired) electrons. The Hall–Kier alpha value is -3.54. The summed E-state index contributed by atoms with van der Waals surface area (Å²) in [6, 6.07) is 18.7. The van der Waals surface area contributed by atoms with Crippen LogP contribution in [-0.2, 0) is 0 Å². The lowest BCUT2D eigenvalue weighted by Gasteiger charge is -2.22. The van der Waals surface area contributed by atoms with Gasteiger partial charge in [0, 0.05) is 35.1 Å². The number of aromatic nitrogens is 2. The monoisotopic (exact) mass is 391 g/mol. The molecular weight excluding hydrogens is 369 g/mol. The Labute approximate surface area is 168 Å². The van der Waals surface area contributed by atoms with E-state index in [2.05, 4.69) is 21.4 Å². The SMILES string of the molecule is COc1cccc(C(CNc2cccc(F)n2)c2c[nH]c3ccccc23)c1OC. The predicted molar refractivity (Wildman–Crippen MR) is 112 cm³/mol. The second kappa shape index (κ2) is 8.22. The number of para-hydroxylation sites is 2. The van der Waals surface area contributed by atoms with Crippen LogP contribution < -0.4 is 14.8 Å². The second-order valence-electron chi connectivity index (χ2n) is 6.65. The minimum Gasteiger partial charge on any atom is -0.493 e. The molecule has 2 aromatic carbocycles. The molecule has 0 fully saturated rings. The van der Waals surface area contributed by atoms with Crippen molar-refractivity contribution in [1.82, 2.24) is 9.97 Å². The summed E-state index contributed by atoms with van der Waals surface area (Å²) in [5, 5.41) is 4.39. The molecule has 1 unspecified atom stereocenters. The first kappa shape index (κ1) is 18.8. The van der Waals surface area contributed by atoms with Crippen LogP contribution in [-0.4, -0.2) is 30.7 Å². The van der Waals surface area contributed by atoms with Crippen LogP contribution in [0.15, 0.2) is 66.9 Å². The minimum absolute atomic E-state index is 0.0822. The highest BCUT2D eigenvalue weighted by Gasteiger charge is 2.23. The molecule has 0 saturated carbocycles. The molecule has 29 heavy (non-hydrogen) atoms. The molecule has 148 valence electrons. The van der Waals surface area contributed by atoms with E-state index >= 15 is 0 Å². The third-order valence-corrected chi connectivity index (χ3v) is 5.01. The quantitative estimate of drug-likeness (QED) is 0.437. The van der Waals surface area contributed by atoms with Crippen molar-refractivity contribution in [2.45, 2.75) is 5.92 Å². The zero-order valence-corrected chi connectivity index (χ0v) is 16.3. The number of hydrogen-bond donors (Lipinski definition) is 2. The number of anilines is 1. The van der Waals surface area contributed by atoms with Gasteiger partial charge in [0.15, 0.2) is 11.5 Å². The van der Waals surface area contributed by atoms with Crippen molar-refractivity contribution in [3.05, 3.63) is 83.9 Å². The second-order valence-corrected chi connectivity index (χ2v) is 6.65. The van der Waals surface area contributed by atoms with Crippen LogP contribution in [0.25, 0.3) is 10.9 Å². The number of halogens is 1. The first-order valence-electron chi connectivity index (χ1n) is 9.34. The fourth-order valence-electron chi connectivity index (χ4n) is 3.67. The Balaban J connectivity index is 1.79. The molecule has 0 saturated heterocycles. The smallest absolute Gasteiger partial charge is 0.214 e. The fraction of sp³-hybridized carbons (Fsp3) is 0.174. The first-order chi connectivity index (χ1) is 14.2. The van der Waals surface area contributed by atoms with Gasteiger partial charge in [0.2, 0.25) is 5.95 Å². The molecule has 0 spiro atoms. The number of pyridine rings is 1. The van der Waals surface area contributed by atoms with Crippen molar-refractivity contribution < 1.29 is 13.9 Å². The van der Waals surface area contributed by atoms with Gasteiger partial charge in [-0.15, -0.1) is 0 Å². The van der Waals surface area contributed by atoms with Gasteiger partial charge in [0.25, 0.3) is 0 Å². The molecular formula is C23H22FN3O2. The predicted octanol–water partition coefficient (Wildman–Crippen LogP) is 4.96. The van der Waals surface area contributed by atoms with Gasteiger partial charge in [0.1, 0.15) is 5.82 Å². The van der Waals surface area contributed by atoms with Gasteiger partial charge < -0.3 is 19.8 Å². The summed E-state index contributed by atoms with van der Waals surface area (Å²) in [6.07, 6.45) is 2.01. The molecule has 2 heterocycles. The van der Waals surface area contributed by atoms with Gasteiger partial charge in [-0.05, 0) is 29.8 Å². The molecule has 5 nitrogen and oxygen atoms in total. The number of methoxy groups -OCH3 is 2. The standard InChI is InChI=1S/C23H22FN3O2/c1-28-20-10-5-8-16(23(20)29-2)18(14-26-22-12-6-11-21(24)27-22)17-13-25-19-9-4-3-7-15(17)19/h3-13,18,25H,14H2,1-2H3,(H,26,27). The molecule has 4 aromatic rings. The Morgan fingerprint density at radius 1 is 0.966 bits per heavy atom. The van der Waals surface area contributed by atoms with Crippen LogP contribution in [0.2, 0.25) is 0 Å². The van der Waals surface area contributed by atoms with E-state index in [-0.39, 0.29) is 5.92 Å². The molecule has 0 bridgehead atoms. The number of fused-ring (bicyclic) bond motifs is 1. The van der Waals surface area contributed by atoms with E-state index in [9.17, 15) is 4.39 Å². The third-order valence-electron chi connectivity index (χ3n) is 5.01. The molecule has 0 aliphatic heterocycles. The lowest BCUT2D eigenvalue weighted by atomic mass is 9.90. The highest BCUT2D eigenvalue weighted by Crippen LogP contribution is 2.40. The van der Waals surface area contributed by atoms with Crippen LogP contribution in [0.4, 0.5) is 10.2 Å². The van der Waals surface area contributed by atoms with Crippen molar-refractivity contribution in [2.24, 2.45) is 0 Å². The Bertz CT molecular complexity index is 1130. The van der Waals surface area contributed by atoms with E-state index in [0.29, 0.717) is 23.9 Å². The van der Waals surface area contributed by atoms with E-state index < -0.39 is 5.95 Å². The molecule has 4 rings (SSSR count). The van der Waals surface area contributed by atoms with Crippen molar-refractivity contribution in [1.29, 1.82) is 0 Å². The Morgan fingerprint density at radius 3 is 2.59 bits per heavy atom. The largest absolute Gasteiger partial charge is 0.493 e. The van der Waals surface area contributed by atoms with Gasteiger partial charge >= 0.3 is 0 Å². The average Bonchev–Trinajstić information content (AvgIpc) is 3.18. The lowest BCUT2D eigenvalue weighted by molar-refractivity contribution is 0.350. The number of ether oxygens (including phenoxy) is 2. The summed E-state index contributed by atoms with van der Waals surface area (Å²) < 4.78 is 24.7. The van der Waals surface area contributed by atoms with Gasteiger partial charge in [0.05, 0.1) is 14.2 Å². The number of hydrogen-bond acceptors (Lipinski definition) is 4. The zero-order valence-electron chi connectivity index (χ0n) is 16.3. The van der Waals surface area contributed by atoms with E-state index in [1.807, 2.05) is 42.6 Å². The van der Waals surface area contributed by atoms with Crippen LogP contribution in [0.5, 0.6) is 11.5 Å². The van der Waals surface area contributed by atoms with Gasteiger partial charge in [-0.25, -0.2) is 4.98 Å². The summed E-state index contributed by atoms with van der Waals surface area (Å²) in [7, 11) is 3.26. The maximum atomic E-state index is 13.5. The molecule has 2 aromatic heterocycles. The number of nitrogens with one attached hydrogen (secondary N) is 2. The maximum Gasteiger partial charge on any atom is 0.214 e. The Morgan fingerprint density at radius 2 is 1.79 bits per heavy atom. The van der Waals surface area contributed by atoms with Crippen LogP contribution in [0, 0.1) is 5.95 Å². The van der Waals surface area contributed by atoms with Gasteiger partial charge in [-0.2, -0.15) is 4.39 Å². The summed E-state index contributed by atoms with van der Waals surface area (Å²) in [6.45, 7) is 0.502. The number of rotatable bonds is 7. The summed E-state index contributed by atoms with van der Waals surface area (Å²) in [5.41, 5.74) is 3.13. The van der Waals surface area contributed by atoms with Gasteiger partial charge in [-0.3, -0.25) is 0 Å². The number of H-pyrrole nitrogens is 1. The summed E-state index contributed by atoms with van der Waals surface area (Å²) >= 11 is 0. The highest BCUT2D eigenvalue weighted by molar-refractivity contribution is 5.84. The zero-order chi connectivity index (χ0) is 20.2. The van der Waals surface area contributed by atoms with Crippen LogP contribution in [0.3, 0.4) is 0 Å². The lowest BCUT2D eigenvalue weighted by Crippen LogP contribution is -2.16. The summed E-state index contributed by atoms with van der Waals surface area (Å²) in [5.74, 6) is 1.23. The number of nitrogens with zero attached hydrogens (tertiary/aromatic N) is 1. The van der Waals surface area contributed by atoms with E-state index in [4.69, 9.17) is 9.47 Å². The van der Waals surface area contributed by atoms with E-state index in [0.717, 1.165) is 22.0 Å². The van der Waals surface area contributed by atoms with E-state index in [1.54, 1.807) is 26.4 Å². The number of aromatic amines is 1. The molecule has 0 aliphatic rings. The maximum absolute atomic E-state index is 13.5. The topological polar surface area (TPSA) is 59.2 Å². The number of benzene rings is 2. The van der Waals surface area contributed by atoms with Crippen LogP contribution >= 0.6 is 0 Å². The van der Waals surface area contributed by atoms with Crippen molar-refractivity contribution in [2.75, 3.05) is 26.1 Å². The van der Waals surface area contributed by atoms with Crippen molar-refractivity contribution in [3.8, 4) is 11.5 Å². The first-order valence-corrected chi connectivity index (χ1v) is 9.34. The highest BCUT2D eigenvalue weighted by atomic mass is 19.1. The van der Waals surface area contributed by atoms with E-state index in [1.165, 1.54) is 6.07 Å². The van der Waals surface area contributed by atoms with Crippen LogP contribution in [0.1, 0.15) is 17.0 Å². The minimum atomic E-state index is -0.516. The molecule has 0 amide bonds. The van der Waals surface area contributed by atoms with Crippen molar-refractivity contribution >= 4 is 16.7 Å². The normalized spacial score (nSPS) is 12.0. The molecule has 2 N–H and O–H groups in total.